The zero-order valence-corrected chi connectivity index (χ0v) is 12.6. The van der Waals surface area contributed by atoms with Gasteiger partial charge in [-0.15, -0.1) is 0 Å². The van der Waals surface area contributed by atoms with Crippen LogP contribution in [0.4, 0.5) is 0 Å². The van der Waals surface area contributed by atoms with E-state index in [1.165, 1.54) is 0 Å². The molecular formula is C14H28N2O3. The molecule has 1 atom stereocenters. The third kappa shape index (κ3) is 5.09. The van der Waals surface area contributed by atoms with E-state index in [1.54, 1.807) is 0 Å². The van der Waals surface area contributed by atoms with Gasteiger partial charge in [0.05, 0.1) is 25.4 Å². The van der Waals surface area contributed by atoms with Gasteiger partial charge < -0.3 is 20.5 Å². The summed E-state index contributed by atoms with van der Waals surface area (Å²) in [7, 11) is 0. The second-order valence-electron chi connectivity index (χ2n) is 6.15. The summed E-state index contributed by atoms with van der Waals surface area (Å²) in [4.78, 5) is 11.8. The lowest BCUT2D eigenvalue weighted by molar-refractivity contribution is -0.129. The number of amides is 1. The van der Waals surface area contributed by atoms with Crippen molar-refractivity contribution in [2.45, 2.75) is 51.7 Å². The molecule has 1 unspecified atom stereocenters. The Bertz CT molecular complexity index is 298. The first-order valence-electron chi connectivity index (χ1n) is 7.08. The first-order chi connectivity index (χ1) is 8.82. The fourth-order valence-corrected chi connectivity index (χ4v) is 2.20. The monoisotopic (exact) mass is 272 g/mol. The molecule has 0 heterocycles. The fourth-order valence-electron chi connectivity index (χ4n) is 2.20. The van der Waals surface area contributed by atoms with Gasteiger partial charge >= 0.3 is 0 Å². The van der Waals surface area contributed by atoms with Crippen LogP contribution in [0, 0.1) is 5.92 Å². The number of rotatable bonds is 9. The van der Waals surface area contributed by atoms with E-state index in [-0.39, 0.29) is 11.5 Å². The molecule has 0 aromatic heterocycles. The van der Waals surface area contributed by atoms with Crippen molar-refractivity contribution in [3.8, 4) is 0 Å². The van der Waals surface area contributed by atoms with Gasteiger partial charge in [0.2, 0.25) is 5.91 Å². The zero-order chi connectivity index (χ0) is 14.5. The van der Waals surface area contributed by atoms with Crippen molar-refractivity contribution < 1.29 is 14.3 Å². The molecule has 0 spiro atoms. The highest BCUT2D eigenvalue weighted by atomic mass is 16.5. The number of likely N-dealkylation sites (N-methyl/N-ethyl adjacent to an activating group) is 1. The van der Waals surface area contributed by atoms with Crippen molar-refractivity contribution in [2.75, 3.05) is 26.4 Å². The molecule has 0 bridgehead atoms. The van der Waals surface area contributed by atoms with Crippen LogP contribution in [0.2, 0.25) is 0 Å². The van der Waals surface area contributed by atoms with Crippen LogP contribution in [-0.4, -0.2) is 43.4 Å². The summed E-state index contributed by atoms with van der Waals surface area (Å²) in [6.07, 6.45) is 2.08. The summed E-state index contributed by atoms with van der Waals surface area (Å²) in [5.41, 5.74) is 4.71. The predicted molar refractivity (Wildman–Crippen MR) is 74.9 cm³/mol. The van der Waals surface area contributed by atoms with Crippen molar-refractivity contribution >= 4 is 5.91 Å². The van der Waals surface area contributed by atoms with E-state index < -0.39 is 5.54 Å². The Labute approximate surface area is 116 Å². The number of carbonyl (C=O) groups excluding carboxylic acids is 1. The minimum absolute atomic E-state index is 0.164. The standard InChI is InChI=1S/C14H28N2O3/c1-5-16-14(12(15)17,11-6-7-11)10-18-8-9-19-13(2,3)4/h11,16H,5-10H2,1-4H3,(H2,15,17). The van der Waals surface area contributed by atoms with Gasteiger partial charge in [0.25, 0.3) is 0 Å². The van der Waals surface area contributed by atoms with E-state index in [9.17, 15) is 4.79 Å². The molecule has 3 N–H and O–H groups in total. The van der Waals surface area contributed by atoms with Crippen molar-refractivity contribution in [1.82, 2.24) is 5.32 Å². The van der Waals surface area contributed by atoms with Crippen LogP contribution in [0.15, 0.2) is 0 Å². The molecule has 5 nitrogen and oxygen atoms in total. The summed E-state index contributed by atoms with van der Waals surface area (Å²) in [6.45, 7) is 10.0. The molecule has 5 heteroatoms. The number of nitrogens with one attached hydrogen (secondary N) is 1. The second-order valence-corrected chi connectivity index (χ2v) is 6.15. The third-order valence-electron chi connectivity index (χ3n) is 3.30. The molecule has 1 aliphatic carbocycles. The van der Waals surface area contributed by atoms with Gasteiger partial charge in [-0.25, -0.2) is 0 Å². The lowest BCUT2D eigenvalue weighted by atomic mass is 9.93. The summed E-state index contributed by atoms with van der Waals surface area (Å²) in [5, 5.41) is 3.22. The van der Waals surface area contributed by atoms with Gasteiger partial charge in [0, 0.05) is 0 Å². The highest BCUT2D eigenvalue weighted by Crippen LogP contribution is 2.39. The lowest BCUT2D eigenvalue weighted by Crippen LogP contribution is -2.60. The Kier molecular flexibility index (Phi) is 5.77. The normalized spacial score (nSPS) is 19.2. The summed E-state index contributed by atoms with van der Waals surface area (Å²) in [6, 6.07) is 0. The fraction of sp³-hybridized carbons (Fsp3) is 0.929. The molecule has 19 heavy (non-hydrogen) atoms. The molecule has 0 aliphatic heterocycles. The number of hydrogen-bond donors (Lipinski definition) is 2. The SMILES string of the molecule is CCNC(COCCOC(C)(C)C)(C(N)=O)C1CC1. The highest BCUT2D eigenvalue weighted by molar-refractivity contribution is 5.85. The molecule has 1 saturated carbocycles. The zero-order valence-electron chi connectivity index (χ0n) is 12.6. The van der Waals surface area contributed by atoms with Gasteiger partial charge in [-0.3, -0.25) is 4.79 Å². The van der Waals surface area contributed by atoms with Crippen molar-refractivity contribution in [3.63, 3.8) is 0 Å². The largest absolute Gasteiger partial charge is 0.377 e. The third-order valence-corrected chi connectivity index (χ3v) is 3.30. The van der Waals surface area contributed by atoms with Gasteiger partial charge in [0.15, 0.2) is 0 Å². The molecule has 0 aromatic carbocycles. The molecule has 1 rings (SSSR count). The number of primary amides is 1. The van der Waals surface area contributed by atoms with Crippen molar-refractivity contribution in [2.24, 2.45) is 11.7 Å². The molecule has 0 aromatic rings. The Morgan fingerprint density at radius 1 is 1.32 bits per heavy atom. The maximum absolute atomic E-state index is 11.8. The van der Waals surface area contributed by atoms with Crippen LogP contribution in [0.1, 0.15) is 40.5 Å². The van der Waals surface area contributed by atoms with Gasteiger partial charge in [-0.2, -0.15) is 0 Å². The molecular weight excluding hydrogens is 244 g/mol. The second kappa shape index (κ2) is 6.68. The average Bonchev–Trinajstić information content (AvgIpc) is 3.09. The molecule has 1 fully saturated rings. The van der Waals surface area contributed by atoms with E-state index in [0.29, 0.717) is 32.3 Å². The predicted octanol–water partition coefficient (Wildman–Crippen LogP) is 1.06. The molecule has 0 saturated heterocycles. The minimum atomic E-state index is -0.698. The van der Waals surface area contributed by atoms with E-state index in [0.717, 1.165) is 12.8 Å². The first kappa shape index (κ1) is 16.4. The van der Waals surface area contributed by atoms with Crippen LogP contribution in [-0.2, 0) is 14.3 Å². The molecule has 1 amide bonds. The first-order valence-corrected chi connectivity index (χ1v) is 7.08. The smallest absolute Gasteiger partial charge is 0.240 e. The summed E-state index contributed by atoms with van der Waals surface area (Å²) >= 11 is 0. The van der Waals surface area contributed by atoms with Crippen LogP contribution in [0.5, 0.6) is 0 Å². The Morgan fingerprint density at radius 3 is 2.37 bits per heavy atom. The van der Waals surface area contributed by atoms with E-state index >= 15 is 0 Å². The Hall–Kier alpha value is -0.650. The summed E-state index contributed by atoms with van der Waals surface area (Å²) in [5.74, 6) is 0.00192. The average molecular weight is 272 g/mol. The molecule has 1 aliphatic rings. The highest BCUT2D eigenvalue weighted by Gasteiger charge is 2.49. The Morgan fingerprint density at radius 2 is 1.95 bits per heavy atom. The minimum Gasteiger partial charge on any atom is -0.377 e. The van der Waals surface area contributed by atoms with Crippen molar-refractivity contribution in [3.05, 3.63) is 0 Å². The molecule has 0 radical (unpaired) electrons. The van der Waals surface area contributed by atoms with Gasteiger partial charge in [-0.1, -0.05) is 6.92 Å². The van der Waals surface area contributed by atoms with E-state index in [4.69, 9.17) is 15.2 Å². The lowest BCUT2D eigenvalue weighted by Gasteiger charge is -2.31. The van der Waals surface area contributed by atoms with Gasteiger partial charge in [-0.05, 0) is 46.1 Å². The Balaban J connectivity index is 2.39. The van der Waals surface area contributed by atoms with Crippen molar-refractivity contribution in [1.29, 1.82) is 0 Å². The van der Waals surface area contributed by atoms with Crippen LogP contribution >= 0.6 is 0 Å². The summed E-state index contributed by atoms with van der Waals surface area (Å²) < 4.78 is 11.2. The number of nitrogens with two attached hydrogens (primary N) is 1. The van der Waals surface area contributed by atoms with Crippen LogP contribution < -0.4 is 11.1 Å². The van der Waals surface area contributed by atoms with E-state index in [1.807, 2.05) is 27.7 Å². The number of ether oxygens (including phenoxy) is 2. The topological polar surface area (TPSA) is 73.6 Å². The quantitative estimate of drug-likeness (QED) is 0.616. The maximum Gasteiger partial charge on any atom is 0.240 e. The maximum atomic E-state index is 11.8. The van der Waals surface area contributed by atoms with Crippen LogP contribution in [0.25, 0.3) is 0 Å². The van der Waals surface area contributed by atoms with E-state index in [2.05, 4.69) is 5.32 Å². The van der Waals surface area contributed by atoms with Crippen LogP contribution in [0.3, 0.4) is 0 Å². The number of carbonyl (C=O) groups is 1. The van der Waals surface area contributed by atoms with Gasteiger partial charge in [0.1, 0.15) is 5.54 Å². The number of hydrogen-bond acceptors (Lipinski definition) is 4. The molecule has 112 valence electrons.